The van der Waals surface area contributed by atoms with Crippen LogP contribution in [-0.2, 0) is 14.3 Å². The predicted molar refractivity (Wildman–Crippen MR) is 128 cm³/mol. The lowest BCUT2D eigenvalue weighted by molar-refractivity contribution is -0.138. The third kappa shape index (κ3) is 5.17. The number of nitrogens with one attached hydrogen (secondary N) is 1. The standard InChI is InChI=1S/C25H34N2O3S/c1-7-31-13-12-30-24(29)21-16(2)26-19-14-25(3,4)15-20(28)23(19)22(21)17-8-10-18(11-9-17)27(5)6/h8-11,22,26H,7,12-15H2,1-6H3/t22-/m1/s1. The summed E-state index contributed by atoms with van der Waals surface area (Å²) >= 11 is 1.74. The minimum Gasteiger partial charge on any atom is -0.461 e. The van der Waals surface area contributed by atoms with Crippen molar-refractivity contribution in [3.05, 3.63) is 52.4 Å². The van der Waals surface area contributed by atoms with Crippen LogP contribution in [0.3, 0.4) is 0 Å². The molecule has 5 nitrogen and oxygen atoms in total. The third-order valence-electron chi connectivity index (χ3n) is 5.87. The molecule has 0 unspecified atom stereocenters. The van der Waals surface area contributed by atoms with Gasteiger partial charge in [-0.25, -0.2) is 4.79 Å². The molecule has 1 aromatic rings. The summed E-state index contributed by atoms with van der Waals surface area (Å²) in [5.41, 5.74) is 4.91. The largest absolute Gasteiger partial charge is 0.461 e. The Kier molecular flexibility index (Phi) is 7.20. The maximum absolute atomic E-state index is 13.3. The van der Waals surface area contributed by atoms with Crippen LogP contribution in [0.4, 0.5) is 5.69 Å². The van der Waals surface area contributed by atoms with E-state index in [1.807, 2.05) is 50.2 Å². The molecule has 0 amide bonds. The van der Waals surface area contributed by atoms with Crippen LogP contribution in [0.25, 0.3) is 0 Å². The van der Waals surface area contributed by atoms with Crippen LogP contribution < -0.4 is 10.2 Å². The highest BCUT2D eigenvalue weighted by atomic mass is 32.2. The summed E-state index contributed by atoms with van der Waals surface area (Å²) in [7, 11) is 3.99. The lowest BCUT2D eigenvalue weighted by Gasteiger charge is -2.39. The summed E-state index contributed by atoms with van der Waals surface area (Å²) in [5.74, 6) is 1.13. The van der Waals surface area contributed by atoms with Gasteiger partial charge < -0.3 is 15.0 Å². The number of hydrogen-bond acceptors (Lipinski definition) is 6. The Hall–Kier alpha value is -2.21. The number of ketones is 1. The lowest BCUT2D eigenvalue weighted by Crippen LogP contribution is -2.38. The highest BCUT2D eigenvalue weighted by Gasteiger charge is 2.43. The molecule has 1 heterocycles. The number of allylic oxidation sites excluding steroid dienone is 3. The van der Waals surface area contributed by atoms with Crippen molar-refractivity contribution in [3.63, 3.8) is 0 Å². The fourth-order valence-corrected chi connectivity index (χ4v) is 4.91. The number of carbonyl (C=O) groups excluding carboxylic acids is 2. The molecular formula is C25H34N2O3S. The van der Waals surface area contributed by atoms with Crippen molar-refractivity contribution < 1.29 is 14.3 Å². The molecule has 0 aromatic heterocycles. The van der Waals surface area contributed by atoms with Crippen LogP contribution in [0.2, 0.25) is 0 Å². The van der Waals surface area contributed by atoms with Crippen molar-refractivity contribution in [2.24, 2.45) is 5.41 Å². The van der Waals surface area contributed by atoms with E-state index < -0.39 is 5.92 Å². The van der Waals surface area contributed by atoms with Gasteiger partial charge in [0.05, 0.1) is 5.57 Å². The summed E-state index contributed by atoms with van der Waals surface area (Å²) in [6, 6.07) is 8.11. The molecule has 0 saturated carbocycles. The van der Waals surface area contributed by atoms with Gasteiger partial charge in [-0.15, -0.1) is 0 Å². The Morgan fingerprint density at radius 3 is 2.52 bits per heavy atom. The van der Waals surface area contributed by atoms with Gasteiger partial charge >= 0.3 is 5.97 Å². The average molecular weight is 443 g/mol. The summed E-state index contributed by atoms with van der Waals surface area (Å²) in [6.45, 7) is 8.60. The minimum absolute atomic E-state index is 0.0993. The fraction of sp³-hybridized carbons (Fsp3) is 0.520. The number of dihydropyridines is 1. The van der Waals surface area contributed by atoms with E-state index in [9.17, 15) is 9.59 Å². The predicted octanol–water partition coefficient (Wildman–Crippen LogP) is 4.65. The minimum atomic E-state index is -0.401. The van der Waals surface area contributed by atoms with E-state index >= 15 is 0 Å². The lowest BCUT2D eigenvalue weighted by atomic mass is 9.68. The van der Waals surface area contributed by atoms with Gasteiger partial charge in [-0.1, -0.05) is 32.9 Å². The molecule has 3 rings (SSSR count). The zero-order valence-corrected chi connectivity index (χ0v) is 20.3. The van der Waals surface area contributed by atoms with Crippen LogP contribution in [0.15, 0.2) is 46.8 Å². The smallest absolute Gasteiger partial charge is 0.336 e. The van der Waals surface area contributed by atoms with E-state index in [1.54, 1.807) is 11.8 Å². The van der Waals surface area contributed by atoms with E-state index in [0.717, 1.165) is 46.1 Å². The summed E-state index contributed by atoms with van der Waals surface area (Å²) in [5, 5.41) is 3.39. The molecule has 0 saturated heterocycles. The van der Waals surface area contributed by atoms with E-state index in [2.05, 4.69) is 26.1 Å². The second kappa shape index (κ2) is 9.51. The fourth-order valence-electron chi connectivity index (χ4n) is 4.42. The van der Waals surface area contributed by atoms with Gasteiger partial charge in [0.25, 0.3) is 0 Å². The Labute approximate surface area is 190 Å². The number of ether oxygens (including phenoxy) is 1. The number of anilines is 1. The molecule has 1 N–H and O–H groups in total. The summed E-state index contributed by atoms with van der Waals surface area (Å²) < 4.78 is 5.62. The van der Waals surface area contributed by atoms with Gasteiger partial charge in [-0.3, -0.25) is 4.79 Å². The summed E-state index contributed by atoms with van der Waals surface area (Å²) in [6.07, 6.45) is 1.27. The maximum Gasteiger partial charge on any atom is 0.336 e. The van der Waals surface area contributed by atoms with Crippen molar-refractivity contribution in [2.75, 3.05) is 37.1 Å². The van der Waals surface area contributed by atoms with Gasteiger partial charge in [-0.05, 0) is 42.2 Å². The monoisotopic (exact) mass is 442 g/mol. The van der Waals surface area contributed by atoms with E-state index in [-0.39, 0.29) is 17.2 Å². The molecule has 0 radical (unpaired) electrons. The molecule has 168 valence electrons. The molecule has 2 aliphatic rings. The molecule has 1 atom stereocenters. The number of benzene rings is 1. The first-order valence-corrected chi connectivity index (χ1v) is 12.1. The van der Waals surface area contributed by atoms with Gasteiger partial charge in [-0.2, -0.15) is 11.8 Å². The highest BCUT2D eigenvalue weighted by Crippen LogP contribution is 2.46. The Bertz CT molecular complexity index is 913. The second-order valence-corrected chi connectivity index (χ2v) is 10.6. The van der Waals surface area contributed by atoms with Crippen LogP contribution >= 0.6 is 11.8 Å². The molecule has 0 fully saturated rings. The van der Waals surface area contributed by atoms with Crippen LogP contribution in [0.5, 0.6) is 0 Å². The maximum atomic E-state index is 13.3. The zero-order chi connectivity index (χ0) is 22.8. The third-order valence-corrected chi connectivity index (χ3v) is 6.73. The van der Waals surface area contributed by atoms with Crippen LogP contribution in [0.1, 0.15) is 52.0 Å². The van der Waals surface area contributed by atoms with E-state index in [4.69, 9.17) is 4.74 Å². The summed E-state index contributed by atoms with van der Waals surface area (Å²) in [4.78, 5) is 28.5. The zero-order valence-electron chi connectivity index (χ0n) is 19.5. The number of Topliss-reactive ketones (excluding diaryl/α,β-unsaturated/α-hetero) is 1. The van der Waals surface area contributed by atoms with E-state index in [1.165, 1.54) is 0 Å². The number of thioether (sulfide) groups is 1. The van der Waals surface area contributed by atoms with Gasteiger partial charge in [0.15, 0.2) is 5.78 Å². The van der Waals surface area contributed by atoms with Crippen molar-refractivity contribution in [3.8, 4) is 0 Å². The first-order chi connectivity index (χ1) is 14.6. The molecule has 1 aliphatic carbocycles. The van der Waals surface area contributed by atoms with Crippen LogP contribution in [-0.4, -0.2) is 44.0 Å². The Balaban J connectivity index is 2.02. The first kappa shape index (κ1) is 23.5. The second-order valence-electron chi connectivity index (χ2n) is 9.25. The molecule has 6 heteroatoms. The Morgan fingerprint density at radius 2 is 1.90 bits per heavy atom. The van der Waals surface area contributed by atoms with E-state index in [0.29, 0.717) is 18.6 Å². The topological polar surface area (TPSA) is 58.6 Å². The normalized spacial score (nSPS) is 20.3. The molecule has 1 aromatic carbocycles. The first-order valence-electron chi connectivity index (χ1n) is 10.9. The number of nitrogens with zero attached hydrogens (tertiary/aromatic N) is 1. The van der Waals surface area contributed by atoms with Crippen LogP contribution in [0, 0.1) is 5.41 Å². The molecule has 31 heavy (non-hydrogen) atoms. The average Bonchev–Trinajstić information content (AvgIpc) is 2.69. The van der Waals surface area contributed by atoms with Crippen molar-refractivity contribution in [1.82, 2.24) is 5.32 Å². The number of esters is 1. The SMILES string of the molecule is CCSCCOC(=O)C1=C(C)NC2=C(C(=O)CC(C)(C)C2)[C@@H]1c1ccc(N(C)C)cc1. The number of rotatable bonds is 7. The number of hydrogen-bond donors (Lipinski definition) is 1. The van der Waals surface area contributed by atoms with Crippen molar-refractivity contribution in [2.45, 2.75) is 46.5 Å². The van der Waals surface area contributed by atoms with Crippen molar-refractivity contribution in [1.29, 1.82) is 0 Å². The highest BCUT2D eigenvalue weighted by molar-refractivity contribution is 7.99. The Morgan fingerprint density at radius 1 is 1.23 bits per heavy atom. The van der Waals surface area contributed by atoms with Crippen molar-refractivity contribution >= 4 is 29.2 Å². The van der Waals surface area contributed by atoms with Gasteiger partial charge in [0.2, 0.25) is 0 Å². The molecule has 0 spiro atoms. The van der Waals surface area contributed by atoms with Gasteiger partial charge in [0.1, 0.15) is 6.61 Å². The molecule has 0 bridgehead atoms. The van der Waals surface area contributed by atoms with Gasteiger partial charge in [0, 0.05) is 54.8 Å². The number of carbonyl (C=O) groups is 2. The quantitative estimate of drug-likeness (QED) is 0.490. The molecule has 1 aliphatic heterocycles. The molecular weight excluding hydrogens is 408 g/mol.